The van der Waals surface area contributed by atoms with Crippen molar-refractivity contribution in [2.24, 2.45) is 17.6 Å². The van der Waals surface area contributed by atoms with E-state index in [9.17, 15) is 44.7 Å². The highest BCUT2D eigenvalue weighted by Crippen LogP contribution is 2.56. The van der Waals surface area contributed by atoms with E-state index in [1.165, 1.54) is 25.1 Å². The molecule has 0 bridgehead atoms. The maximum Gasteiger partial charge on any atom is 0.426 e. The molecule has 0 saturated heterocycles. The number of anilines is 1. The lowest BCUT2D eigenvalue weighted by Crippen LogP contribution is -2.68. The van der Waals surface area contributed by atoms with Crippen LogP contribution in [0, 0.1) is 11.8 Å². The van der Waals surface area contributed by atoms with Crippen molar-refractivity contribution in [2.45, 2.75) is 37.2 Å². The number of nitrogens with zero attached hydrogens (tertiary/aromatic N) is 1. The Balaban J connectivity index is 1.56. The second-order valence-electron chi connectivity index (χ2n) is 11.3. The summed E-state index contributed by atoms with van der Waals surface area (Å²) in [5.41, 5.74) is 6.59. The van der Waals surface area contributed by atoms with Crippen molar-refractivity contribution in [1.29, 1.82) is 0 Å². The van der Waals surface area contributed by atoms with Crippen LogP contribution in [0.15, 0.2) is 65.1 Å². The predicted octanol–water partition coefficient (Wildman–Crippen LogP) is 0.906. The Morgan fingerprint density at radius 3 is 2.34 bits per heavy atom. The van der Waals surface area contributed by atoms with Crippen molar-refractivity contribution in [3.63, 3.8) is 0 Å². The number of hydrazine groups is 1. The zero-order valence-electron chi connectivity index (χ0n) is 23.9. The number of aliphatic hydroxyl groups excluding tert-OH is 3. The van der Waals surface area contributed by atoms with Crippen LogP contribution in [0.5, 0.6) is 5.75 Å². The zero-order chi connectivity index (χ0) is 32.2. The van der Waals surface area contributed by atoms with E-state index in [-0.39, 0.29) is 23.4 Å². The minimum atomic E-state index is -3.01. The number of ketones is 2. The molecule has 6 atom stereocenters. The summed E-state index contributed by atoms with van der Waals surface area (Å²) in [5, 5.41) is 56.7. The lowest BCUT2D eigenvalue weighted by atomic mass is 9.55. The minimum absolute atomic E-state index is 0.0204. The number of likely N-dealkylation sites (N-methyl/N-ethyl adjacent to an activating group) is 1. The van der Waals surface area contributed by atoms with Crippen molar-refractivity contribution >= 4 is 29.3 Å². The molecule has 0 radical (unpaired) electrons. The van der Waals surface area contributed by atoms with E-state index in [1.807, 2.05) is 6.07 Å². The van der Waals surface area contributed by atoms with Gasteiger partial charge < -0.3 is 36.0 Å². The van der Waals surface area contributed by atoms with E-state index in [1.54, 1.807) is 31.2 Å². The molecule has 3 aliphatic carbocycles. The number of primary amides is 1. The summed E-state index contributed by atoms with van der Waals surface area (Å²) in [4.78, 5) is 53.3. The Labute approximate surface area is 251 Å². The highest BCUT2D eigenvalue weighted by molar-refractivity contribution is 6.25. The molecule has 9 N–H and O–H groups in total. The van der Waals surface area contributed by atoms with E-state index >= 15 is 0 Å². The largest absolute Gasteiger partial charge is 0.510 e. The van der Waals surface area contributed by atoms with Crippen molar-refractivity contribution in [3.05, 3.63) is 81.8 Å². The zero-order valence-corrected chi connectivity index (χ0v) is 23.9. The molecule has 0 spiro atoms. The summed E-state index contributed by atoms with van der Waals surface area (Å²) >= 11 is 0. The molecule has 5 rings (SSSR count). The van der Waals surface area contributed by atoms with Gasteiger partial charge in [0.15, 0.2) is 11.4 Å². The van der Waals surface area contributed by atoms with Crippen LogP contribution in [0.25, 0.3) is 0 Å². The molecule has 232 valence electrons. The molecule has 0 heterocycles. The Bertz CT molecular complexity index is 1640. The molecule has 2 aromatic rings. The monoisotopic (exact) mass is 608 g/mol. The summed E-state index contributed by atoms with van der Waals surface area (Å²) in [6.45, 7) is 1.56. The molecule has 0 aliphatic heterocycles. The van der Waals surface area contributed by atoms with Gasteiger partial charge in [0.2, 0.25) is 5.78 Å². The van der Waals surface area contributed by atoms with Crippen molar-refractivity contribution < 1.29 is 49.4 Å². The van der Waals surface area contributed by atoms with Crippen LogP contribution in [0.3, 0.4) is 0 Å². The topological polar surface area (TPSA) is 232 Å². The molecule has 0 saturated carbocycles. The van der Waals surface area contributed by atoms with Gasteiger partial charge in [0.05, 0.1) is 29.3 Å². The molecule has 44 heavy (non-hydrogen) atoms. The average Bonchev–Trinajstić information content (AvgIpc) is 2.97. The van der Waals surface area contributed by atoms with Gasteiger partial charge >= 0.3 is 6.09 Å². The maximum absolute atomic E-state index is 13.9. The molecule has 14 nitrogen and oxygen atoms in total. The fourth-order valence-electron chi connectivity index (χ4n) is 6.69. The number of phenols is 1. The van der Waals surface area contributed by atoms with Crippen LogP contribution in [0.2, 0.25) is 0 Å². The third-order valence-corrected chi connectivity index (χ3v) is 8.62. The molecule has 2 amide bonds. The third-order valence-electron chi connectivity index (χ3n) is 8.62. The molecule has 14 heteroatoms. The molecular formula is C30H32N4O10. The third kappa shape index (κ3) is 4.46. The summed E-state index contributed by atoms with van der Waals surface area (Å²) < 4.78 is 5.20. The van der Waals surface area contributed by atoms with Gasteiger partial charge in [0.1, 0.15) is 29.4 Å². The first-order valence-electron chi connectivity index (χ1n) is 13.6. The Kier molecular flexibility index (Phi) is 7.61. The quantitative estimate of drug-likeness (QED) is 0.130. The van der Waals surface area contributed by atoms with Gasteiger partial charge in [-0.2, -0.15) is 0 Å². The van der Waals surface area contributed by atoms with Crippen molar-refractivity contribution in [2.75, 3.05) is 19.5 Å². The minimum Gasteiger partial charge on any atom is -0.510 e. The molecule has 2 aromatic carbocycles. The van der Waals surface area contributed by atoms with Gasteiger partial charge in [-0.1, -0.05) is 37.3 Å². The molecule has 0 unspecified atom stereocenters. The van der Waals surface area contributed by atoms with Crippen LogP contribution >= 0.6 is 0 Å². The van der Waals surface area contributed by atoms with Gasteiger partial charge in [0, 0.05) is 11.5 Å². The van der Waals surface area contributed by atoms with Crippen molar-refractivity contribution in [3.8, 4) is 5.75 Å². The highest BCUT2D eigenvalue weighted by atomic mass is 16.6. The summed E-state index contributed by atoms with van der Waals surface area (Å²) in [7, 11) is 2.90. The number of carbonyl (C=O) groups excluding carboxylic acids is 4. The van der Waals surface area contributed by atoms with E-state index < -0.39 is 87.5 Å². The lowest BCUT2D eigenvalue weighted by molar-refractivity contribution is -0.162. The van der Waals surface area contributed by atoms with Crippen LogP contribution in [-0.2, 0) is 20.9 Å². The van der Waals surface area contributed by atoms with E-state index in [4.69, 9.17) is 10.5 Å². The normalized spacial score (nSPS) is 27.8. The average molecular weight is 609 g/mol. The number of fused-ring (bicyclic) bond motifs is 3. The summed E-state index contributed by atoms with van der Waals surface area (Å²) in [6, 6.07) is 10.1. The van der Waals surface area contributed by atoms with Crippen LogP contribution in [-0.4, -0.2) is 85.8 Å². The van der Waals surface area contributed by atoms with Gasteiger partial charge in [-0.3, -0.25) is 24.7 Å². The maximum atomic E-state index is 13.9. The number of hydrogen-bond donors (Lipinski definition) is 8. The molecule has 0 fully saturated rings. The number of phenolic OH excluding ortho intramolecular Hbond substituents is 1. The molecular weight excluding hydrogens is 576 g/mol. The number of benzene rings is 2. The summed E-state index contributed by atoms with van der Waals surface area (Å²) in [6.07, 6.45) is -2.61. The molecule has 3 aliphatic rings. The predicted molar refractivity (Wildman–Crippen MR) is 153 cm³/mol. The first-order chi connectivity index (χ1) is 20.7. The first-order valence-corrected chi connectivity index (χ1v) is 13.6. The number of nitrogens with one attached hydrogen (secondary N) is 2. The van der Waals surface area contributed by atoms with Gasteiger partial charge in [0.25, 0.3) is 5.91 Å². The smallest absolute Gasteiger partial charge is 0.426 e. The SMILES string of the molecule is C[C@H]1c2c(NNC(=O)OCc3ccccc3)ccc(O)c2C(=O)C2=C(O)[C@]3(O)C(=O)C(C(N)=O)=C(O)[C@@H](N(C)C)[C@@H]3[C@@H](O)[C@@H]21. The van der Waals surface area contributed by atoms with Gasteiger partial charge in [-0.05, 0) is 43.3 Å². The second kappa shape index (κ2) is 11.0. The number of hydrogen-bond acceptors (Lipinski definition) is 12. The Morgan fingerprint density at radius 2 is 1.73 bits per heavy atom. The highest BCUT2D eigenvalue weighted by Gasteiger charge is 2.67. The number of aliphatic hydroxyl groups is 4. The van der Waals surface area contributed by atoms with E-state index in [2.05, 4.69) is 10.9 Å². The Morgan fingerprint density at radius 1 is 1.07 bits per heavy atom. The fourth-order valence-corrected chi connectivity index (χ4v) is 6.69. The van der Waals surface area contributed by atoms with Crippen molar-refractivity contribution in [1.82, 2.24) is 10.3 Å². The van der Waals surface area contributed by atoms with E-state index in [0.717, 1.165) is 11.6 Å². The van der Waals surface area contributed by atoms with Crippen LogP contribution in [0.1, 0.15) is 34.3 Å². The number of nitrogens with two attached hydrogens (primary N) is 1. The number of amides is 2. The standard InChI is InChI=1S/C30H32N4O10/c1-12-16-14(32-33-29(42)44-11-13-7-5-4-6-8-13)9-10-15(35)18(16)23(36)19-17(12)24(37)21-22(34(2)3)25(38)20(28(31)41)27(40)30(21,43)26(19)39/h4-10,12,17,21-22,24,32,35,37-39,43H,11H2,1-3H3,(H2,31,41)(H,33,42)/t12-,17+,21+,22-,24-,30-/m0/s1. The second-order valence-corrected chi connectivity index (χ2v) is 11.3. The summed E-state index contributed by atoms with van der Waals surface area (Å²) in [5.74, 6) is -10.1. The number of aromatic hydroxyl groups is 1. The number of Topliss-reactive ketones (excluding diaryl/α,β-unsaturated/α-hetero) is 2. The fraction of sp³-hybridized carbons (Fsp3) is 0.333. The number of ether oxygens (including phenoxy) is 1. The van der Waals surface area contributed by atoms with Crippen LogP contribution < -0.4 is 16.6 Å². The first kappa shape index (κ1) is 30.5. The molecule has 0 aromatic heterocycles. The lowest BCUT2D eigenvalue weighted by Gasteiger charge is -2.53. The number of carbonyl (C=O) groups is 4. The van der Waals surface area contributed by atoms with Gasteiger partial charge in [-0.25, -0.2) is 10.2 Å². The van der Waals surface area contributed by atoms with Crippen LogP contribution in [0.4, 0.5) is 10.5 Å². The Hall–Kier alpha value is -4.92. The number of rotatable bonds is 6. The van der Waals surface area contributed by atoms with Gasteiger partial charge in [-0.15, -0.1) is 0 Å². The van der Waals surface area contributed by atoms with E-state index in [0.29, 0.717) is 0 Å².